The van der Waals surface area contributed by atoms with Crippen LogP contribution >= 0.6 is 12.2 Å². The van der Waals surface area contributed by atoms with E-state index in [1.807, 2.05) is 38.1 Å². The summed E-state index contributed by atoms with van der Waals surface area (Å²) in [6, 6.07) is 7.28. The predicted octanol–water partition coefficient (Wildman–Crippen LogP) is 2.19. The van der Waals surface area contributed by atoms with Gasteiger partial charge in [0.2, 0.25) is 0 Å². The molecule has 0 bridgehead atoms. The van der Waals surface area contributed by atoms with Crippen molar-refractivity contribution >= 4 is 39.1 Å². The van der Waals surface area contributed by atoms with Gasteiger partial charge in [-0.05, 0) is 44.6 Å². The van der Waals surface area contributed by atoms with E-state index >= 15 is 0 Å². The second kappa shape index (κ2) is 8.27. The average Bonchev–Trinajstić information content (AvgIpc) is 3.15. The number of nitrogens with zero attached hydrogens (tertiary/aromatic N) is 3. The lowest BCUT2D eigenvalue weighted by molar-refractivity contribution is 0.415. The van der Waals surface area contributed by atoms with Gasteiger partial charge in [-0.15, -0.1) is 0 Å². The van der Waals surface area contributed by atoms with Crippen LogP contribution in [0.1, 0.15) is 29.4 Å². The summed E-state index contributed by atoms with van der Waals surface area (Å²) in [6.45, 7) is 3.79. The normalized spacial score (nSPS) is 18.3. The summed E-state index contributed by atoms with van der Waals surface area (Å²) in [7, 11) is -1.37. The third-order valence-corrected chi connectivity index (χ3v) is 6.57. The highest BCUT2D eigenvalue weighted by Gasteiger charge is 2.31. The third-order valence-electron chi connectivity index (χ3n) is 4.62. The van der Waals surface area contributed by atoms with Gasteiger partial charge in [-0.1, -0.05) is 6.07 Å². The van der Waals surface area contributed by atoms with Gasteiger partial charge in [0, 0.05) is 23.0 Å². The summed E-state index contributed by atoms with van der Waals surface area (Å²) >= 11 is 5.25. The van der Waals surface area contributed by atoms with Crippen LogP contribution in [0.2, 0.25) is 0 Å². The maximum Gasteiger partial charge on any atom is 0.191 e. The van der Waals surface area contributed by atoms with E-state index in [9.17, 15) is 8.42 Å². The van der Waals surface area contributed by atoms with Gasteiger partial charge in [-0.25, -0.2) is 8.42 Å². The van der Waals surface area contributed by atoms with Crippen LogP contribution in [0.15, 0.2) is 29.4 Å². The molecule has 3 rings (SSSR count). The lowest BCUT2D eigenvalue weighted by Crippen LogP contribution is -2.23. The molecule has 1 saturated heterocycles. The summed E-state index contributed by atoms with van der Waals surface area (Å²) in [5.41, 5.74) is 6.09. The molecule has 0 amide bonds. The SMILES string of the molecule is COc1cccc(NC(=S)N/N=C\c2c(C)nn([C@H]3CCS(=O)(=O)C3)c2C)c1. The number of aromatic nitrogens is 2. The Morgan fingerprint density at radius 1 is 1.43 bits per heavy atom. The molecule has 1 aromatic carbocycles. The first-order valence-corrected chi connectivity index (χ1v) is 11.0. The van der Waals surface area contributed by atoms with Crippen molar-refractivity contribution in [2.24, 2.45) is 5.10 Å². The topological polar surface area (TPSA) is 97.6 Å². The fourth-order valence-corrected chi connectivity index (χ4v) is 5.06. The zero-order valence-electron chi connectivity index (χ0n) is 16.0. The highest BCUT2D eigenvalue weighted by atomic mass is 32.2. The minimum absolute atomic E-state index is 0.116. The van der Waals surface area contributed by atoms with Crippen LogP contribution in [-0.4, -0.2) is 48.1 Å². The Morgan fingerprint density at radius 3 is 2.89 bits per heavy atom. The summed E-state index contributed by atoms with van der Waals surface area (Å²) in [5.74, 6) is 1.08. The first-order chi connectivity index (χ1) is 13.3. The van der Waals surface area contributed by atoms with Crippen LogP contribution in [0.5, 0.6) is 5.75 Å². The molecule has 0 unspecified atom stereocenters. The van der Waals surface area contributed by atoms with E-state index in [4.69, 9.17) is 17.0 Å². The highest BCUT2D eigenvalue weighted by molar-refractivity contribution is 7.91. The van der Waals surface area contributed by atoms with Gasteiger partial charge in [-0.3, -0.25) is 10.1 Å². The number of benzene rings is 1. The van der Waals surface area contributed by atoms with Gasteiger partial charge in [0.15, 0.2) is 14.9 Å². The summed E-state index contributed by atoms with van der Waals surface area (Å²) in [4.78, 5) is 0. The average molecular weight is 422 g/mol. The van der Waals surface area contributed by atoms with Gasteiger partial charge in [0.05, 0.1) is 36.6 Å². The van der Waals surface area contributed by atoms with Crippen LogP contribution < -0.4 is 15.5 Å². The van der Waals surface area contributed by atoms with Crippen molar-refractivity contribution in [1.29, 1.82) is 0 Å². The lowest BCUT2D eigenvalue weighted by atomic mass is 10.2. The van der Waals surface area contributed by atoms with Gasteiger partial charge in [-0.2, -0.15) is 10.2 Å². The molecule has 0 spiro atoms. The van der Waals surface area contributed by atoms with Crippen molar-refractivity contribution in [3.8, 4) is 5.75 Å². The molecule has 0 radical (unpaired) electrons. The van der Waals surface area contributed by atoms with E-state index in [0.29, 0.717) is 11.5 Å². The van der Waals surface area contributed by atoms with Crippen LogP contribution in [0.4, 0.5) is 5.69 Å². The van der Waals surface area contributed by atoms with E-state index in [1.165, 1.54) is 0 Å². The largest absolute Gasteiger partial charge is 0.497 e. The maximum absolute atomic E-state index is 11.7. The fourth-order valence-electron chi connectivity index (χ4n) is 3.20. The smallest absolute Gasteiger partial charge is 0.191 e. The standard InChI is InChI=1S/C18H23N5O3S2/c1-12-17(13(2)23(22-12)15-7-8-28(24,25)11-15)10-19-21-18(27)20-14-5-4-6-16(9-14)26-3/h4-6,9-10,15H,7-8,11H2,1-3H3,(H2,20,21,27)/b19-10-/t15-/m0/s1. The fraction of sp³-hybridized carbons (Fsp3) is 0.389. The van der Waals surface area contributed by atoms with E-state index in [-0.39, 0.29) is 17.5 Å². The second-order valence-electron chi connectivity index (χ2n) is 6.64. The molecular formula is C18H23N5O3S2. The van der Waals surface area contributed by atoms with Gasteiger partial charge >= 0.3 is 0 Å². The second-order valence-corrected chi connectivity index (χ2v) is 9.28. The molecule has 1 aliphatic heterocycles. The van der Waals surface area contributed by atoms with Crippen molar-refractivity contribution < 1.29 is 13.2 Å². The molecule has 10 heteroatoms. The number of thiocarbonyl (C=S) groups is 1. The van der Waals surface area contributed by atoms with Crippen molar-refractivity contribution in [2.75, 3.05) is 23.9 Å². The Hall–Kier alpha value is -2.46. The van der Waals surface area contributed by atoms with Crippen LogP contribution in [0, 0.1) is 13.8 Å². The van der Waals surface area contributed by atoms with Crippen molar-refractivity contribution in [1.82, 2.24) is 15.2 Å². The third kappa shape index (κ3) is 4.68. The number of hydrogen-bond acceptors (Lipinski definition) is 6. The number of rotatable bonds is 5. The van der Waals surface area contributed by atoms with Gasteiger partial charge in [0.1, 0.15) is 5.75 Å². The Balaban J connectivity index is 1.65. The van der Waals surface area contributed by atoms with E-state index < -0.39 is 9.84 Å². The summed E-state index contributed by atoms with van der Waals surface area (Å²) < 4.78 is 30.5. The van der Waals surface area contributed by atoms with Crippen LogP contribution in [0.3, 0.4) is 0 Å². The highest BCUT2D eigenvalue weighted by Crippen LogP contribution is 2.26. The molecule has 2 heterocycles. The first-order valence-electron chi connectivity index (χ1n) is 8.79. The lowest BCUT2D eigenvalue weighted by Gasteiger charge is -2.11. The monoisotopic (exact) mass is 421 g/mol. The van der Waals surface area contributed by atoms with Gasteiger partial charge < -0.3 is 10.1 Å². The number of hydrazone groups is 1. The summed E-state index contributed by atoms with van der Waals surface area (Å²) in [6.07, 6.45) is 2.24. The molecule has 1 aromatic heterocycles. The number of ether oxygens (including phenoxy) is 1. The number of methoxy groups -OCH3 is 1. The van der Waals surface area contributed by atoms with Crippen molar-refractivity contribution in [3.05, 3.63) is 41.2 Å². The van der Waals surface area contributed by atoms with Gasteiger partial charge in [0.25, 0.3) is 0 Å². The molecule has 8 nitrogen and oxygen atoms in total. The van der Waals surface area contributed by atoms with Crippen molar-refractivity contribution in [2.45, 2.75) is 26.3 Å². The number of aryl methyl sites for hydroxylation is 1. The number of anilines is 1. The molecule has 1 aliphatic rings. The molecular weight excluding hydrogens is 398 g/mol. The maximum atomic E-state index is 11.7. The predicted molar refractivity (Wildman–Crippen MR) is 114 cm³/mol. The van der Waals surface area contributed by atoms with Crippen molar-refractivity contribution in [3.63, 3.8) is 0 Å². The molecule has 28 heavy (non-hydrogen) atoms. The van der Waals surface area contributed by atoms with E-state index in [1.54, 1.807) is 18.0 Å². The quantitative estimate of drug-likeness (QED) is 0.434. The molecule has 2 N–H and O–H groups in total. The Morgan fingerprint density at radius 2 is 2.21 bits per heavy atom. The minimum Gasteiger partial charge on any atom is -0.497 e. The molecule has 1 fully saturated rings. The Kier molecular flexibility index (Phi) is 5.99. The number of nitrogens with one attached hydrogen (secondary N) is 2. The zero-order chi connectivity index (χ0) is 20.3. The Labute approximate surface area is 169 Å². The Bertz CT molecular complexity index is 1010. The minimum atomic E-state index is -2.97. The number of hydrogen-bond donors (Lipinski definition) is 2. The van der Waals surface area contributed by atoms with E-state index in [0.717, 1.165) is 28.4 Å². The molecule has 1 atom stereocenters. The first kappa shape index (κ1) is 20.3. The molecule has 0 saturated carbocycles. The number of sulfone groups is 1. The van der Waals surface area contributed by atoms with Crippen LogP contribution in [0.25, 0.3) is 0 Å². The summed E-state index contributed by atoms with van der Waals surface area (Å²) in [5, 5.41) is 12.1. The van der Waals surface area contributed by atoms with E-state index in [2.05, 4.69) is 20.9 Å². The van der Waals surface area contributed by atoms with Crippen LogP contribution in [-0.2, 0) is 9.84 Å². The molecule has 2 aromatic rings. The molecule has 0 aliphatic carbocycles. The molecule has 150 valence electrons. The zero-order valence-corrected chi connectivity index (χ0v) is 17.6.